The van der Waals surface area contributed by atoms with E-state index in [4.69, 9.17) is 16.3 Å². The summed E-state index contributed by atoms with van der Waals surface area (Å²) in [4.78, 5) is 46.0. The number of para-hydroxylation sites is 1. The largest absolute Gasteiger partial charge is 0.491 e. The summed E-state index contributed by atoms with van der Waals surface area (Å²) in [6, 6.07) is 27.5. The zero-order valence-electron chi connectivity index (χ0n) is 23.7. The fourth-order valence-corrected chi connectivity index (χ4v) is 7.37. The van der Waals surface area contributed by atoms with Crippen molar-refractivity contribution in [1.82, 2.24) is 4.90 Å². The van der Waals surface area contributed by atoms with Crippen molar-refractivity contribution in [3.63, 3.8) is 0 Å². The SMILES string of the molecule is CC(C)Oc1ccc(C(=O)[C@@H]2[C@H](C(=O)c3ccccc3Cl)[C@@]3(C(=O)Nc4ccccc43)[C@@H]3c4ccccc4C=CN23)cc1. The van der Waals surface area contributed by atoms with Crippen LogP contribution in [0.5, 0.6) is 5.75 Å². The zero-order chi connectivity index (χ0) is 29.9. The molecule has 0 aliphatic carbocycles. The Kier molecular flexibility index (Phi) is 6.47. The summed E-state index contributed by atoms with van der Waals surface area (Å²) in [5.74, 6) is -1.36. The van der Waals surface area contributed by atoms with Crippen LogP contribution >= 0.6 is 11.6 Å². The van der Waals surface area contributed by atoms with Crippen molar-refractivity contribution < 1.29 is 19.1 Å². The minimum atomic E-state index is -1.41. The Morgan fingerprint density at radius 3 is 2.35 bits per heavy atom. The molecule has 0 unspecified atom stereocenters. The van der Waals surface area contributed by atoms with Crippen LogP contribution in [0.1, 0.15) is 57.3 Å². The molecule has 7 heteroatoms. The monoisotopic (exact) mass is 588 g/mol. The predicted molar refractivity (Wildman–Crippen MR) is 166 cm³/mol. The molecule has 0 aromatic heterocycles. The number of halogens is 1. The van der Waals surface area contributed by atoms with E-state index in [0.29, 0.717) is 22.6 Å². The van der Waals surface area contributed by atoms with Gasteiger partial charge in [0.15, 0.2) is 11.6 Å². The first-order chi connectivity index (χ1) is 20.8. The summed E-state index contributed by atoms with van der Waals surface area (Å²) in [7, 11) is 0. The third kappa shape index (κ3) is 4.04. The second kappa shape index (κ2) is 10.2. The van der Waals surface area contributed by atoms with Crippen LogP contribution in [0.15, 0.2) is 103 Å². The Balaban J connectivity index is 1.49. The Hall–Kier alpha value is -4.68. The summed E-state index contributed by atoms with van der Waals surface area (Å²) >= 11 is 6.62. The number of hydrogen-bond donors (Lipinski definition) is 1. The van der Waals surface area contributed by atoms with Gasteiger partial charge < -0.3 is 15.0 Å². The maximum Gasteiger partial charge on any atom is 0.238 e. The van der Waals surface area contributed by atoms with Crippen molar-refractivity contribution in [3.05, 3.63) is 136 Å². The Labute approximate surface area is 254 Å². The highest BCUT2D eigenvalue weighted by molar-refractivity contribution is 6.34. The standard InChI is InChI=1S/C36H29ClN2O4/c1-21(2)43-24-17-15-23(16-18-24)32(40)31-30(33(41)26-11-5-7-13-28(26)37)36(27-12-6-8-14-29(27)38-35(36)42)34-25-10-4-3-9-22(25)19-20-39(31)34/h3-21,30-31,34H,1-2H3,(H,38,42)/t30-,31+,34+,36-/m1/s1. The molecule has 3 aliphatic rings. The average molecular weight is 589 g/mol. The number of nitrogens with one attached hydrogen (secondary N) is 1. The number of anilines is 1. The number of Topliss-reactive ketones (excluding diaryl/α,β-unsaturated/α-hetero) is 2. The van der Waals surface area contributed by atoms with Gasteiger partial charge in [-0.15, -0.1) is 0 Å². The maximum atomic E-state index is 14.9. The van der Waals surface area contributed by atoms with E-state index in [-0.39, 0.29) is 34.2 Å². The number of fused-ring (bicyclic) bond motifs is 6. The van der Waals surface area contributed by atoms with Crippen LogP contribution in [0.2, 0.25) is 5.02 Å². The van der Waals surface area contributed by atoms with E-state index in [1.54, 1.807) is 48.5 Å². The van der Waals surface area contributed by atoms with Gasteiger partial charge in [0.25, 0.3) is 0 Å². The average Bonchev–Trinajstić information content (AvgIpc) is 3.49. The third-order valence-electron chi connectivity index (χ3n) is 8.77. The van der Waals surface area contributed by atoms with Crippen molar-refractivity contribution in [2.45, 2.75) is 37.5 Å². The van der Waals surface area contributed by atoms with E-state index < -0.39 is 23.4 Å². The van der Waals surface area contributed by atoms with Crippen LogP contribution < -0.4 is 10.1 Å². The van der Waals surface area contributed by atoms with E-state index >= 15 is 0 Å². The minimum Gasteiger partial charge on any atom is -0.491 e. The van der Waals surface area contributed by atoms with Crippen LogP contribution in [0.25, 0.3) is 6.08 Å². The molecular formula is C36H29ClN2O4. The third-order valence-corrected chi connectivity index (χ3v) is 9.10. The molecule has 0 radical (unpaired) electrons. The molecule has 4 atom stereocenters. The second-order valence-corrected chi connectivity index (χ2v) is 11.9. The van der Waals surface area contributed by atoms with Gasteiger partial charge in [0.05, 0.1) is 23.1 Å². The van der Waals surface area contributed by atoms with Crippen LogP contribution in [0, 0.1) is 5.92 Å². The van der Waals surface area contributed by atoms with E-state index in [1.807, 2.05) is 79.6 Å². The Morgan fingerprint density at radius 2 is 1.58 bits per heavy atom. The molecule has 1 saturated heterocycles. The summed E-state index contributed by atoms with van der Waals surface area (Å²) in [5, 5.41) is 3.34. The number of amides is 1. The molecule has 214 valence electrons. The lowest BCUT2D eigenvalue weighted by Gasteiger charge is -2.38. The van der Waals surface area contributed by atoms with Gasteiger partial charge in [0, 0.05) is 23.0 Å². The van der Waals surface area contributed by atoms with Crippen molar-refractivity contribution in [2.75, 3.05) is 5.32 Å². The molecule has 7 rings (SSSR count). The van der Waals surface area contributed by atoms with Gasteiger partial charge in [-0.25, -0.2) is 0 Å². The first kappa shape index (κ1) is 27.2. The van der Waals surface area contributed by atoms with E-state index in [2.05, 4.69) is 5.32 Å². The summed E-state index contributed by atoms with van der Waals surface area (Å²) in [6.45, 7) is 3.88. The minimum absolute atomic E-state index is 0.0193. The van der Waals surface area contributed by atoms with Crippen LogP contribution in [0.3, 0.4) is 0 Å². The fourth-order valence-electron chi connectivity index (χ4n) is 7.14. The highest BCUT2D eigenvalue weighted by atomic mass is 35.5. The zero-order valence-corrected chi connectivity index (χ0v) is 24.4. The highest BCUT2D eigenvalue weighted by Crippen LogP contribution is 2.62. The lowest BCUT2D eigenvalue weighted by Crippen LogP contribution is -2.49. The summed E-state index contributed by atoms with van der Waals surface area (Å²) in [5.41, 5.74) is 2.45. The molecule has 0 saturated carbocycles. The van der Waals surface area contributed by atoms with Gasteiger partial charge in [0.2, 0.25) is 5.91 Å². The number of nitrogens with zero attached hydrogens (tertiary/aromatic N) is 1. The van der Waals surface area contributed by atoms with Crippen LogP contribution in [0.4, 0.5) is 5.69 Å². The number of carbonyl (C=O) groups is 3. The van der Waals surface area contributed by atoms with E-state index in [1.165, 1.54) is 0 Å². The maximum absolute atomic E-state index is 14.9. The molecule has 3 aliphatic heterocycles. The summed E-state index contributed by atoms with van der Waals surface area (Å²) in [6.07, 6.45) is 3.79. The molecule has 6 nitrogen and oxygen atoms in total. The molecule has 4 aromatic carbocycles. The number of carbonyl (C=O) groups excluding carboxylic acids is 3. The Bertz CT molecular complexity index is 1810. The predicted octanol–water partition coefficient (Wildman–Crippen LogP) is 7.11. The van der Waals surface area contributed by atoms with Gasteiger partial charge in [-0.05, 0) is 79.1 Å². The molecule has 0 bridgehead atoms. The number of ketones is 2. The highest BCUT2D eigenvalue weighted by Gasteiger charge is 2.70. The van der Waals surface area contributed by atoms with Crippen LogP contribution in [-0.4, -0.2) is 34.5 Å². The molecule has 43 heavy (non-hydrogen) atoms. The molecular weight excluding hydrogens is 560 g/mol. The van der Waals surface area contributed by atoms with Gasteiger partial charge in [0.1, 0.15) is 17.2 Å². The first-order valence-corrected chi connectivity index (χ1v) is 14.8. The smallest absolute Gasteiger partial charge is 0.238 e. The van der Waals surface area contributed by atoms with Gasteiger partial charge in [-0.3, -0.25) is 14.4 Å². The second-order valence-electron chi connectivity index (χ2n) is 11.5. The quantitative estimate of drug-likeness (QED) is 0.243. The molecule has 1 amide bonds. The first-order valence-electron chi connectivity index (χ1n) is 14.4. The number of ether oxygens (including phenoxy) is 1. The van der Waals surface area contributed by atoms with Crippen molar-refractivity contribution >= 4 is 40.8 Å². The van der Waals surface area contributed by atoms with Crippen molar-refractivity contribution in [1.29, 1.82) is 0 Å². The number of rotatable bonds is 6. The fraction of sp³-hybridized carbons (Fsp3) is 0.194. The van der Waals surface area contributed by atoms with E-state index in [9.17, 15) is 14.4 Å². The van der Waals surface area contributed by atoms with Gasteiger partial charge in [-0.2, -0.15) is 0 Å². The summed E-state index contributed by atoms with van der Waals surface area (Å²) < 4.78 is 5.80. The van der Waals surface area contributed by atoms with Gasteiger partial charge >= 0.3 is 0 Å². The molecule has 1 fully saturated rings. The van der Waals surface area contributed by atoms with Crippen molar-refractivity contribution in [2.24, 2.45) is 5.92 Å². The van der Waals surface area contributed by atoms with E-state index in [0.717, 1.165) is 11.1 Å². The van der Waals surface area contributed by atoms with Crippen molar-refractivity contribution in [3.8, 4) is 5.75 Å². The normalized spacial score (nSPS) is 23.1. The molecule has 1 spiro atoms. The van der Waals surface area contributed by atoms with Gasteiger partial charge in [-0.1, -0.05) is 66.2 Å². The van der Waals surface area contributed by atoms with Crippen LogP contribution in [-0.2, 0) is 10.2 Å². The molecule has 4 aromatic rings. The Morgan fingerprint density at radius 1 is 0.884 bits per heavy atom. The topological polar surface area (TPSA) is 75.7 Å². The molecule has 3 heterocycles. The number of benzene rings is 4. The number of hydrogen-bond acceptors (Lipinski definition) is 5. The lowest BCUT2D eigenvalue weighted by atomic mass is 9.62. The lowest BCUT2D eigenvalue weighted by molar-refractivity contribution is -0.122. The molecule has 1 N–H and O–H groups in total.